The van der Waals surface area contributed by atoms with Gasteiger partial charge in [-0.3, -0.25) is 0 Å². The summed E-state index contributed by atoms with van der Waals surface area (Å²) in [5, 5.41) is 8.56. The fourth-order valence-electron chi connectivity index (χ4n) is 5.44. The van der Waals surface area contributed by atoms with Crippen LogP contribution in [0.3, 0.4) is 0 Å². The van der Waals surface area contributed by atoms with Crippen molar-refractivity contribution in [2.45, 2.75) is 0 Å². The first-order chi connectivity index (χ1) is 18.3. The fourth-order valence-corrected chi connectivity index (χ4v) is 6.58. The molecule has 0 atom stereocenters. The molecule has 3 heteroatoms. The van der Waals surface area contributed by atoms with Gasteiger partial charge in [-0.15, -0.1) is 11.3 Å². The molecule has 8 aromatic rings. The van der Waals surface area contributed by atoms with Crippen molar-refractivity contribution in [2.75, 3.05) is 0 Å². The maximum atomic E-state index is 5.19. The van der Waals surface area contributed by atoms with Crippen molar-refractivity contribution in [3.05, 3.63) is 121 Å². The van der Waals surface area contributed by atoms with Crippen LogP contribution < -0.4 is 0 Å². The summed E-state index contributed by atoms with van der Waals surface area (Å²) >= 11 is 1.85. The van der Waals surface area contributed by atoms with E-state index in [1.54, 1.807) is 0 Å². The van der Waals surface area contributed by atoms with E-state index in [9.17, 15) is 0 Å². The zero-order valence-electron chi connectivity index (χ0n) is 19.8. The van der Waals surface area contributed by atoms with Crippen LogP contribution in [0.25, 0.3) is 75.3 Å². The van der Waals surface area contributed by atoms with Gasteiger partial charge in [-0.05, 0) is 51.9 Å². The van der Waals surface area contributed by atoms with Crippen molar-refractivity contribution >= 4 is 64.0 Å². The van der Waals surface area contributed by atoms with E-state index in [0.29, 0.717) is 0 Å². The highest BCUT2D eigenvalue weighted by molar-refractivity contribution is 7.25. The maximum Gasteiger partial charge on any atom is 0.160 e. The Morgan fingerprint density at radius 3 is 2.16 bits per heavy atom. The number of fused-ring (bicyclic) bond motifs is 7. The maximum absolute atomic E-state index is 5.19. The minimum Gasteiger partial charge on any atom is -0.228 e. The Labute approximate surface area is 217 Å². The van der Waals surface area contributed by atoms with Gasteiger partial charge >= 0.3 is 0 Å². The van der Waals surface area contributed by atoms with E-state index in [1.807, 2.05) is 17.4 Å². The molecule has 0 saturated heterocycles. The van der Waals surface area contributed by atoms with Crippen molar-refractivity contribution in [2.24, 2.45) is 0 Å². The Morgan fingerprint density at radius 2 is 1.24 bits per heavy atom. The summed E-state index contributed by atoms with van der Waals surface area (Å²) in [7, 11) is 0. The van der Waals surface area contributed by atoms with Gasteiger partial charge in [-0.2, -0.15) is 0 Å². The van der Waals surface area contributed by atoms with Crippen LogP contribution in [0, 0.1) is 0 Å². The third-order valence-electron chi connectivity index (χ3n) is 7.23. The highest BCUT2D eigenvalue weighted by atomic mass is 32.1. The Bertz CT molecular complexity index is 2140. The number of benzene rings is 6. The number of rotatable bonds is 2. The molecule has 0 spiro atoms. The van der Waals surface area contributed by atoms with Crippen molar-refractivity contribution in [1.29, 1.82) is 0 Å². The van der Waals surface area contributed by atoms with E-state index in [4.69, 9.17) is 9.97 Å². The van der Waals surface area contributed by atoms with Crippen LogP contribution in [0.5, 0.6) is 0 Å². The van der Waals surface area contributed by atoms with Gasteiger partial charge in [-0.25, -0.2) is 9.97 Å². The number of thiophene rings is 1. The number of aromatic nitrogens is 2. The minimum absolute atomic E-state index is 0.750. The predicted octanol–water partition coefficient (Wildman–Crippen LogP) is 9.64. The van der Waals surface area contributed by atoms with Crippen LogP contribution in [0.2, 0.25) is 0 Å². The molecular formula is C34H20N2S. The van der Waals surface area contributed by atoms with Crippen molar-refractivity contribution in [3.63, 3.8) is 0 Å². The molecule has 0 aliphatic rings. The van der Waals surface area contributed by atoms with Gasteiger partial charge in [0, 0.05) is 36.7 Å². The molecule has 0 saturated carbocycles. The third-order valence-corrected chi connectivity index (χ3v) is 8.36. The van der Waals surface area contributed by atoms with E-state index in [1.165, 1.54) is 41.7 Å². The fraction of sp³-hybridized carbons (Fsp3) is 0. The first-order valence-corrected chi connectivity index (χ1v) is 13.2. The molecule has 37 heavy (non-hydrogen) atoms. The molecule has 0 aliphatic carbocycles. The molecule has 6 aromatic carbocycles. The first-order valence-electron chi connectivity index (χ1n) is 12.4. The summed E-state index contributed by atoms with van der Waals surface area (Å²) in [5.41, 5.74) is 4.06. The van der Waals surface area contributed by atoms with Gasteiger partial charge in [-0.1, -0.05) is 91.0 Å². The summed E-state index contributed by atoms with van der Waals surface area (Å²) in [4.78, 5) is 10.3. The van der Waals surface area contributed by atoms with Crippen LogP contribution in [-0.4, -0.2) is 9.97 Å². The Kier molecular flexibility index (Phi) is 4.42. The molecule has 2 heterocycles. The van der Waals surface area contributed by atoms with E-state index in [0.717, 1.165) is 33.5 Å². The summed E-state index contributed by atoms with van der Waals surface area (Å²) < 4.78 is 2.63. The molecule has 0 N–H and O–H groups in total. The molecular weight excluding hydrogens is 468 g/mol. The van der Waals surface area contributed by atoms with Gasteiger partial charge < -0.3 is 0 Å². The number of nitrogens with zero attached hydrogens (tertiary/aromatic N) is 2. The lowest BCUT2D eigenvalue weighted by molar-refractivity contribution is 1.23. The van der Waals surface area contributed by atoms with Crippen molar-refractivity contribution in [1.82, 2.24) is 9.97 Å². The highest BCUT2D eigenvalue weighted by Crippen LogP contribution is 2.38. The van der Waals surface area contributed by atoms with Gasteiger partial charge in [0.2, 0.25) is 0 Å². The lowest BCUT2D eigenvalue weighted by Crippen LogP contribution is -1.96. The lowest BCUT2D eigenvalue weighted by Gasteiger charge is -2.12. The van der Waals surface area contributed by atoms with Gasteiger partial charge in [0.15, 0.2) is 5.82 Å². The summed E-state index contributed by atoms with van der Waals surface area (Å²) in [6.45, 7) is 0. The third kappa shape index (κ3) is 3.25. The first kappa shape index (κ1) is 20.6. The zero-order chi connectivity index (χ0) is 24.3. The average molecular weight is 489 g/mol. The largest absolute Gasteiger partial charge is 0.228 e. The van der Waals surface area contributed by atoms with Crippen LogP contribution in [0.4, 0.5) is 0 Å². The molecule has 0 amide bonds. The molecule has 0 bridgehead atoms. The summed E-state index contributed by atoms with van der Waals surface area (Å²) in [6, 6.07) is 43.1. The van der Waals surface area contributed by atoms with Gasteiger partial charge in [0.05, 0.1) is 11.2 Å². The van der Waals surface area contributed by atoms with Crippen LogP contribution in [0.1, 0.15) is 0 Å². The standard InChI is InChI=1S/C34H20N2S/c1-2-9-22(10-3-1)33-32-26-11-5-4-8-21(26)16-17-29(32)35-34(36-33)24-15-14-23-19-28-27-12-6-7-13-30(27)37-31(28)20-25(23)18-24/h1-20H. The zero-order valence-corrected chi connectivity index (χ0v) is 20.7. The Balaban J connectivity index is 1.38. The van der Waals surface area contributed by atoms with E-state index < -0.39 is 0 Å². The summed E-state index contributed by atoms with van der Waals surface area (Å²) in [5.74, 6) is 0.750. The highest BCUT2D eigenvalue weighted by Gasteiger charge is 2.15. The second-order valence-electron chi connectivity index (χ2n) is 9.45. The lowest BCUT2D eigenvalue weighted by atomic mass is 9.99. The van der Waals surface area contributed by atoms with E-state index in [-0.39, 0.29) is 0 Å². The number of hydrogen-bond donors (Lipinski definition) is 0. The second kappa shape index (κ2) is 7.95. The van der Waals surface area contributed by atoms with Crippen molar-refractivity contribution < 1.29 is 0 Å². The normalized spacial score (nSPS) is 11.8. The monoisotopic (exact) mass is 488 g/mol. The Hall–Kier alpha value is -4.60. The quantitative estimate of drug-likeness (QED) is 0.226. The molecule has 0 unspecified atom stereocenters. The van der Waals surface area contributed by atoms with Crippen LogP contribution in [0.15, 0.2) is 121 Å². The predicted molar refractivity (Wildman–Crippen MR) is 158 cm³/mol. The van der Waals surface area contributed by atoms with E-state index >= 15 is 0 Å². The average Bonchev–Trinajstić information content (AvgIpc) is 3.32. The van der Waals surface area contributed by atoms with Gasteiger partial charge in [0.1, 0.15) is 0 Å². The molecule has 0 fully saturated rings. The molecule has 2 nitrogen and oxygen atoms in total. The molecule has 2 aromatic heterocycles. The minimum atomic E-state index is 0.750. The van der Waals surface area contributed by atoms with Crippen LogP contribution >= 0.6 is 11.3 Å². The van der Waals surface area contributed by atoms with Gasteiger partial charge in [0.25, 0.3) is 0 Å². The van der Waals surface area contributed by atoms with Crippen molar-refractivity contribution in [3.8, 4) is 22.6 Å². The summed E-state index contributed by atoms with van der Waals surface area (Å²) in [6.07, 6.45) is 0. The molecule has 0 aliphatic heterocycles. The molecule has 0 radical (unpaired) electrons. The second-order valence-corrected chi connectivity index (χ2v) is 10.5. The van der Waals surface area contributed by atoms with Crippen LogP contribution in [-0.2, 0) is 0 Å². The molecule has 172 valence electrons. The SMILES string of the molecule is c1ccc(-c2nc(-c3ccc4cc5c(cc4c3)sc3ccccc35)nc3ccc4ccccc4c23)cc1. The smallest absolute Gasteiger partial charge is 0.160 e. The number of hydrogen-bond acceptors (Lipinski definition) is 3. The van der Waals surface area contributed by atoms with E-state index in [2.05, 4.69) is 115 Å². The topological polar surface area (TPSA) is 25.8 Å². The molecule has 8 rings (SSSR count). The Morgan fingerprint density at radius 1 is 0.459 bits per heavy atom.